The largest absolute Gasteiger partial charge is 0.491 e. The number of carbonyl (C=O) groups is 1. The SMILES string of the molecule is CNC(=O)NC(COc1ccc(C#N)cc1)CN1CC2CC(C1)CN(c1nccs1)C2. The molecular weight excluding hydrogens is 412 g/mol. The third-order valence-corrected chi connectivity index (χ3v) is 6.65. The number of fused-ring (bicyclic) bond motifs is 2. The van der Waals surface area contributed by atoms with Crippen molar-refractivity contribution in [2.45, 2.75) is 12.5 Å². The molecule has 0 spiro atoms. The second-order valence-electron chi connectivity index (χ2n) is 8.27. The summed E-state index contributed by atoms with van der Waals surface area (Å²) < 4.78 is 5.92. The number of piperidine rings is 2. The van der Waals surface area contributed by atoms with Crippen molar-refractivity contribution >= 4 is 22.5 Å². The Hall–Kier alpha value is -2.83. The quantitative estimate of drug-likeness (QED) is 0.685. The summed E-state index contributed by atoms with van der Waals surface area (Å²) in [6.07, 6.45) is 3.13. The number of likely N-dealkylation sites (tertiary alicyclic amines) is 1. The highest BCUT2D eigenvalue weighted by molar-refractivity contribution is 7.13. The molecule has 3 heterocycles. The maximum atomic E-state index is 12.0. The number of anilines is 1. The van der Waals surface area contributed by atoms with Crippen LogP contribution in [-0.4, -0.2) is 68.3 Å². The molecule has 8 nitrogen and oxygen atoms in total. The molecular formula is C22H28N6O2S. The first-order chi connectivity index (χ1) is 15.1. The Morgan fingerprint density at radius 1 is 1.29 bits per heavy atom. The molecule has 2 N–H and O–H groups in total. The van der Waals surface area contributed by atoms with Gasteiger partial charge in [-0.1, -0.05) is 0 Å². The smallest absolute Gasteiger partial charge is 0.314 e. The Bertz CT molecular complexity index is 884. The summed E-state index contributed by atoms with van der Waals surface area (Å²) in [5.41, 5.74) is 0.596. The van der Waals surface area contributed by atoms with Crippen molar-refractivity contribution < 1.29 is 9.53 Å². The van der Waals surface area contributed by atoms with Crippen LogP contribution in [0.5, 0.6) is 5.75 Å². The maximum absolute atomic E-state index is 12.0. The second kappa shape index (κ2) is 9.98. The summed E-state index contributed by atoms with van der Waals surface area (Å²) in [6, 6.07) is 8.80. The monoisotopic (exact) mass is 440 g/mol. The highest BCUT2D eigenvalue weighted by atomic mass is 32.1. The second-order valence-corrected chi connectivity index (χ2v) is 9.15. The van der Waals surface area contributed by atoms with Crippen LogP contribution in [0.3, 0.4) is 0 Å². The molecule has 2 aliphatic heterocycles. The van der Waals surface area contributed by atoms with Crippen LogP contribution in [0, 0.1) is 23.2 Å². The summed E-state index contributed by atoms with van der Waals surface area (Å²) in [5.74, 6) is 1.91. The fourth-order valence-electron chi connectivity index (χ4n) is 4.60. The number of nitrogens with zero attached hydrogens (tertiary/aromatic N) is 4. The molecule has 0 aliphatic carbocycles. The fraction of sp³-hybridized carbons (Fsp3) is 0.500. The van der Waals surface area contributed by atoms with Crippen molar-refractivity contribution in [1.29, 1.82) is 5.26 Å². The van der Waals surface area contributed by atoms with Crippen molar-refractivity contribution in [1.82, 2.24) is 20.5 Å². The molecule has 4 rings (SSSR count). The molecule has 2 saturated heterocycles. The minimum Gasteiger partial charge on any atom is -0.491 e. The van der Waals surface area contributed by atoms with Gasteiger partial charge in [-0.2, -0.15) is 5.26 Å². The highest BCUT2D eigenvalue weighted by Crippen LogP contribution is 2.32. The van der Waals surface area contributed by atoms with Crippen LogP contribution in [0.25, 0.3) is 0 Å². The van der Waals surface area contributed by atoms with E-state index in [0.29, 0.717) is 29.8 Å². The zero-order valence-corrected chi connectivity index (χ0v) is 18.5. The highest BCUT2D eigenvalue weighted by Gasteiger charge is 2.35. The first-order valence-corrected chi connectivity index (χ1v) is 11.5. The summed E-state index contributed by atoms with van der Waals surface area (Å²) >= 11 is 1.71. The summed E-state index contributed by atoms with van der Waals surface area (Å²) in [7, 11) is 1.62. The lowest BCUT2D eigenvalue weighted by Crippen LogP contribution is -2.56. The number of rotatable bonds is 7. The molecule has 2 bridgehead atoms. The molecule has 2 fully saturated rings. The van der Waals surface area contributed by atoms with Crippen molar-refractivity contribution in [3.8, 4) is 11.8 Å². The number of thiazole rings is 1. The van der Waals surface area contributed by atoms with Crippen LogP contribution in [0.15, 0.2) is 35.8 Å². The number of benzene rings is 1. The Kier molecular flexibility index (Phi) is 6.89. The number of nitrogens with one attached hydrogen (secondary N) is 2. The lowest BCUT2D eigenvalue weighted by molar-refractivity contribution is 0.0923. The van der Waals surface area contributed by atoms with Gasteiger partial charge in [0.05, 0.1) is 17.7 Å². The van der Waals surface area contributed by atoms with E-state index in [1.54, 1.807) is 42.6 Å². The molecule has 31 heavy (non-hydrogen) atoms. The fourth-order valence-corrected chi connectivity index (χ4v) is 5.26. The van der Waals surface area contributed by atoms with E-state index in [2.05, 4.69) is 31.5 Å². The minimum atomic E-state index is -0.208. The van der Waals surface area contributed by atoms with E-state index in [1.807, 2.05) is 11.6 Å². The van der Waals surface area contributed by atoms with E-state index < -0.39 is 0 Å². The van der Waals surface area contributed by atoms with Crippen LogP contribution in [0.4, 0.5) is 9.93 Å². The van der Waals surface area contributed by atoms with Crippen LogP contribution in [0.2, 0.25) is 0 Å². The predicted octanol–water partition coefficient (Wildman–Crippen LogP) is 2.15. The van der Waals surface area contributed by atoms with Gasteiger partial charge >= 0.3 is 6.03 Å². The minimum absolute atomic E-state index is 0.135. The van der Waals surface area contributed by atoms with E-state index in [4.69, 9.17) is 10.00 Å². The van der Waals surface area contributed by atoms with Crippen LogP contribution >= 0.6 is 11.3 Å². The van der Waals surface area contributed by atoms with Crippen molar-refractivity contribution in [2.24, 2.45) is 11.8 Å². The van der Waals surface area contributed by atoms with Crippen LogP contribution in [0.1, 0.15) is 12.0 Å². The van der Waals surface area contributed by atoms with E-state index in [0.717, 1.165) is 37.9 Å². The number of aromatic nitrogens is 1. The van der Waals surface area contributed by atoms with Gasteiger partial charge in [0, 0.05) is 51.3 Å². The molecule has 1 aromatic heterocycles. The van der Waals surface area contributed by atoms with E-state index >= 15 is 0 Å². The van der Waals surface area contributed by atoms with Gasteiger partial charge in [0.1, 0.15) is 12.4 Å². The van der Waals surface area contributed by atoms with Crippen LogP contribution in [-0.2, 0) is 0 Å². The number of nitriles is 1. The first kappa shape index (κ1) is 21.4. The van der Waals surface area contributed by atoms with E-state index in [-0.39, 0.29) is 12.1 Å². The van der Waals surface area contributed by atoms with Gasteiger partial charge in [-0.15, -0.1) is 11.3 Å². The standard InChI is InChI=1S/C22H28N6O2S/c1-24-21(29)26-19(15-30-20-4-2-16(9-23)3-5-20)14-27-10-17-8-18(11-27)13-28(12-17)22-25-6-7-31-22/h2-7,17-19H,8,10-15H2,1H3,(H2,24,26,29). The van der Waals surface area contributed by atoms with Gasteiger partial charge in [0.25, 0.3) is 0 Å². The number of urea groups is 1. The van der Waals surface area contributed by atoms with Gasteiger partial charge < -0.3 is 25.2 Å². The number of hydrogen-bond donors (Lipinski definition) is 2. The Morgan fingerprint density at radius 2 is 2.03 bits per heavy atom. The molecule has 3 atom stereocenters. The number of ether oxygens (including phenoxy) is 1. The number of hydrogen-bond acceptors (Lipinski definition) is 7. The zero-order chi connectivity index (χ0) is 21.6. The van der Waals surface area contributed by atoms with Gasteiger partial charge in [-0.25, -0.2) is 9.78 Å². The molecule has 3 unspecified atom stereocenters. The molecule has 2 aromatic rings. The predicted molar refractivity (Wildman–Crippen MR) is 120 cm³/mol. The van der Waals surface area contributed by atoms with Crippen molar-refractivity contribution in [2.75, 3.05) is 51.3 Å². The Balaban J connectivity index is 1.34. The average molecular weight is 441 g/mol. The molecule has 2 amide bonds. The summed E-state index contributed by atoms with van der Waals surface area (Å²) in [6.45, 7) is 5.22. The zero-order valence-electron chi connectivity index (χ0n) is 17.7. The first-order valence-electron chi connectivity index (χ1n) is 10.6. The summed E-state index contributed by atoms with van der Waals surface area (Å²) in [4.78, 5) is 21.4. The van der Waals surface area contributed by atoms with Crippen molar-refractivity contribution in [3.05, 3.63) is 41.4 Å². The van der Waals surface area contributed by atoms with E-state index in [9.17, 15) is 4.79 Å². The molecule has 2 aliphatic rings. The van der Waals surface area contributed by atoms with Crippen molar-refractivity contribution in [3.63, 3.8) is 0 Å². The lowest BCUT2D eigenvalue weighted by atomic mass is 9.84. The van der Waals surface area contributed by atoms with Crippen LogP contribution < -0.4 is 20.3 Å². The topological polar surface area (TPSA) is 93.5 Å². The van der Waals surface area contributed by atoms with Gasteiger partial charge in [-0.3, -0.25) is 0 Å². The molecule has 1 aromatic carbocycles. The Labute approximate surface area is 186 Å². The maximum Gasteiger partial charge on any atom is 0.314 e. The third kappa shape index (κ3) is 5.66. The molecule has 0 radical (unpaired) electrons. The molecule has 9 heteroatoms. The number of carbonyl (C=O) groups excluding carboxylic acids is 1. The Morgan fingerprint density at radius 3 is 2.65 bits per heavy atom. The summed E-state index contributed by atoms with van der Waals surface area (Å²) in [5, 5.41) is 17.7. The van der Waals surface area contributed by atoms with Gasteiger partial charge in [0.15, 0.2) is 5.13 Å². The normalized spacial score (nSPS) is 21.7. The average Bonchev–Trinajstić information content (AvgIpc) is 3.32. The van der Waals surface area contributed by atoms with Gasteiger partial charge in [-0.05, 0) is 42.5 Å². The lowest BCUT2D eigenvalue weighted by Gasteiger charge is -2.46. The number of amides is 2. The molecule has 0 saturated carbocycles. The molecule has 164 valence electrons. The van der Waals surface area contributed by atoms with E-state index in [1.165, 1.54) is 6.42 Å². The van der Waals surface area contributed by atoms with Gasteiger partial charge in [0.2, 0.25) is 0 Å². The third-order valence-electron chi connectivity index (χ3n) is 5.82.